The first kappa shape index (κ1) is 15.1. The molecule has 1 aliphatic heterocycles. The highest BCUT2D eigenvalue weighted by Crippen LogP contribution is 2.26. The third-order valence-corrected chi connectivity index (χ3v) is 3.99. The standard InChI is InChI=1S/C15H20ClNO3/c1-10-8-13(9-11(2)14(10)16)20-12(3)15(18)17-4-6-19-7-5-17/h8-9,12H,4-7H2,1-3H3. The zero-order valence-electron chi connectivity index (χ0n) is 12.1. The summed E-state index contributed by atoms with van der Waals surface area (Å²) in [7, 11) is 0. The van der Waals surface area contributed by atoms with Crippen LogP contribution in [0.15, 0.2) is 12.1 Å². The van der Waals surface area contributed by atoms with Gasteiger partial charge in [0.1, 0.15) is 5.75 Å². The van der Waals surface area contributed by atoms with Gasteiger partial charge in [-0.05, 0) is 44.0 Å². The number of rotatable bonds is 3. The zero-order valence-corrected chi connectivity index (χ0v) is 12.9. The van der Waals surface area contributed by atoms with Crippen LogP contribution < -0.4 is 4.74 Å². The third-order valence-electron chi connectivity index (χ3n) is 3.39. The first-order valence-electron chi connectivity index (χ1n) is 6.79. The zero-order chi connectivity index (χ0) is 14.7. The predicted molar refractivity (Wildman–Crippen MR) is 78.4 cm³/mol. The Morgan fingerprint density at radius 1 is 1.30 bits per heavy atom. The normalized spacial score (nSPS) is 16.9. The summed E-state index contributed by atoms with van der Waals surface area (Å²) in [6.07, 6.45) is -0.506. The van der Waals surface area contributed by atoms with Gasteiger partial charge in [-0.2, -0.15) is 0 Å². The fourth-order valence-electron chi connectivity index (χ4n) is 2.27. The first-order valence-corrected chi connectivity index (χ1v) is 7.17. The lowest BCUT2D eigenvalue weighted by molar-refractivity contribution is -0.142. The highest BCUT2D eigenvalue weighted by Gasteiger charge is 2.23. The average Bonchev–Trinajstić information content (AvgIpc) is 2.44. The van der Waals surface area contributed by atoms with Crippen molar-refractivity contribution in [3.05, 3.63) is 28.3 Å². The lowest BCUT2D eigenvalue weighted by atomic mass is 10.1. The third kappa shape index (κ3) is 3.44. The number of carbonyl (C=O) groups excluding carboxylic acids is 1. The second-order valence-electron chi connectivity index (χ2n) is 5.07. The summed E-state index contributed by atoms with van der Waals surface area (Å²) < 4.78 is 11.0. The largest absolute Gasteiger partial charge is 0.481 e. The predicted octanol–water partition coefficient (Wildman–Crippen LogP) is 2.58. The molecule has 1 aromatic rings. The van der Waals surface area contributed by atoms with Crippen LogP contribution in [0, 0.1) is 13.8 Å². The van der Waals surface area contributed by atoms with Crippen LogP contribution in [0.3, 0.4) is 0 Å². The number of benzene rings is 1. The molecule has 0 N–H and O–H groups in total. The summed E-state index contributed by atoms with van der Waals surface area (Å²) >= 11 is 6.13. The minimum Gasteiger partial charge on any atom is -0.481 e. The van der Waals surface area contributed by atoms with Gasteiger partial charge in [0.25, 0.3) is 5.91 Å². The van der Waals surface area contributed by atoms with Gasteiger partial charge in [-0.15, -0.1) is 0 Å². The van der Waals surface area contributed by atoms with Gasteiger partial charge in [0.2, 0.25) is 0 Å². The van der Waals surface area contributed by atoms with Crippen LogP contribution in [-0.4, -0.2) is 43.2 Å². The van der Waals surface area contributed by atoms with Crippen molar-refractivity contribution in [2.45, 2.75) is 26.9 Å². The Bertz CT molecular complexity index is 475. The Morgan fingerprint density at radius 3 is 2.40 bits per heavy atom. The van der Waals surface area contributed by atoms with E-state index >= 15 is 0 Å². The molecular formula is C15H20ClNO3. The van der Waals surface area contributed by atoms with Crippen LogP contribution >= 0.6 is 11.6 Å². The van der Waals surface area contributed by atoms with Crippen LogP contribution in [0.4, 0.5) is 0 Å². The molecule has 1 fully saturated rings. The molecule has 1 aromatic carbocycles. The van der Waals surface area contributed by atoms with E-state index in [-0.39, 0.29) is 5.91 Å². The fraction of sp³-hybridized carbons (Fsp3) is 0.533. The fourth-order valence-corrected chi connectivity index (χ4v) is 2.38. The monoisotopic (exact) mass is 297 g/mol. The molecule has 0 saturated carbocycles. The summed E-state index contributed by atoms with van der Waals surface area (Å²) in [6, 6.07) is 3.72. The van der Waals surface area contributed by atoms with Crippen LogP contribution in [0.2, 0.25) is 5.02 Å². The Hall–Kier alpha value is -1.26. The first-order chi connectivity index (χ1) is 9.49. The molecular weight excluding hydrogens is 278 g/mol. The number of aryl methyl sites for hydroxylation is 2. The number of amides is 1. The number of carbonyl (C=O) groups is 1. The van der Waals surface area contributed by atoms with E-state index in [2.05, 4.69) is 0 Å². The van der Waals surface area contributed by atoms with Crippen LogP contribution in [0.5, 0.6) is 5.75 Å². The number of halogens is 1. The summed E-state index contributed by atoms with van der Waals surface area (Å²) in [6.45, 7) is 8.08. The molecule has 0 bridgehead atoms. The Balaban J connectivity index is 2.03. The van der Waals surface area contributed by atoms with Gasteiger partial charge >= 0.3 is 0 Å². The van der Waals surface area contributed by atoms with E-state index in [1.807, 2.05) is 26.0 Å². The highest BCUT2D eigenvalue weighted by molar-refractivity contribution is 6.32. The lowest BCUT2D eigenvalue weighted by Gasteiger charge is -2.29. The van der Waals surface area contributed by atoms with Crippen LogP contribution in [-0.2, 0) is 9.53 Å². The molecule has 0 spiro atoms. The van der Waals surface area contributed by atoms with E-state index in [1.54, 1.807) is 11.8 Å². The molecule has 1 amide bonds. The highest BCUT2D eigenvalue weighted by atomic mass is 35.5. The average molecular weight is 298 g/mol. The minimum atomic E-state index is -0.506. The van der Waals surface area contributed by atoms with Crippen molar-refractivity contribution in [2.75, 3.05) is 26.3 Å². The molecule has 1 aliphatic rings. The number of hydrogen-bond acceptors (Lipinski definition) is 3. The molecule has 5 heteroatoms. The maximum atomic E-state index is 12.3. The lowest BCUT2D eigenvalue weighted by Crippen LogP contribution is -2.46. The van der Waals surface area contributed by atoms with Crippen LogP contribution in [0.25, 0.3) is 0 Å². The van der Waals surface area contributed by atoms with Gasteiger partial charge < -0.3 is 14.4 Å². The molecule has 4 nitrogen and oxygen atoms in total. The van der Waals surface area contributed by atoms with Crippen molar-refractivity contribution in [2.24, 2.45) is 0 Å². The molecule has 110 valence electrons. The molecule has 1 heterocycles. The van der Waals surface area contributed by atoms with E-state index in [1.165, 1.54) is 0 Å². The Labute approximate surface area is 124 Å². The van der Waals surface area contributed by atoms with E-state index < -0.39 is 6.10 Å². The van der Waals surface area contributed by atoms with Crippen molar-refractivity contribution in [1.29, 1.82) is 0 Å². The number of ether oxygens (including phenoxy) is 2. The number of nitrogens with zero attached hydrogens (tertiary/aromatic N) is 1. The number of morpholine rings is 1. The van der Waals surface area contributed by atoms with Gasteiger partial charge in [-0.1, -0.05) is 11.6 Å². The van der Waals surface area contributed by atoms with Gasteiger partial charge in [-0.3, -0.25) is 4.79 Å². The Kier molecular flexibility index (Phi) is 4.89. The molecule has 0 aliphatic carbocycles. The van der Waals surface area contributed by atoms with Gasteiger partial charge in [0.05, 0.1) is 13.2 Å². The molecule has 20 heavy (non-hydrogen) atoms. The van der Waals surface area contributed by atoms with Gasteiger partial charge in [0, 0.05) is 18.1 Å². The number of hydrogen-bond donors (Lipinski definition) is 0. The summed E-state index contributed by atoms with van der Waals surface area (Å²) in [5, 5.41) is 0.740. The van der Waals surface area contributed by atoms with Crippen molar-refractivity contribution in [1.82, 2.24) is 4.90 Å². The summed E-state index contributed by atoms with van der Waals surface area (Å²) in [5.74, 6) is 0.678. The topological polar surface area (TPSA) is 38.8 Å². The smallest absolute Gasteiger partial charge is 0.263 e. The summed E-state index contributed by atoms with van der Waals surface area (Å²) in [4.78, 5) is 14.0. The molecule has 1 saturated heterocycles. The van der Waals surface area contributed by atoms with Crippen molar-refractivity contribution < 1.29 is 14.3 Å². The second kappa shape index (κ2) is 6.46. The molecule has 2 rings (SSSR count). The Morgan fingerprint density at radius 2 is 1.85 bits per heavy atom. The summed E-state index contributed by atoms with van der Waals surface area (Å²) in [5.41, 5.74) is 1.90. The quantitative estimate of drug-likeness (QED) is 0.861. The minimum absolute atomic E-state index is 0.00134. The SMILES string of the molecule is Cc1cc(OC(C)C(=O)N2CCOCC2)cc(C)c1Cl. The van der Waals surface area contributed by atoms with E-state index in [9.17, 15) is 4.79 Å². The second-order valence-corrected chi connectivity index (χ2v) is 5.45. The van der Waals surface area contributed by atoms with Crippen molar-refractivity contribution >= 4 is 17.5 Å². The van der Waals surface area contributed by atoms with Crippen molar-refractivity contribution in [3.63, 3.8) is 0 Å². The maximum Gasteiger partial charge on any atom is 0.263 e. The van der Waals surface area contributed by atoms with E-state index in [0.29, 0.717) is 32.1 Å². The van der Waals surface area contributed by atoms with Gasteiger partial charge in [0.15, 0.2) is 6.10 Å². The van der Waals surface area contributed by atoms with E-state index in [4.69, 9.17) is 21.1 Å². The van der Waals surface area contributed by atoms with Crippen molar-refractivity contribution in [3.8, 4) is 5.75 Å². The van der Waals surface area contributed by atoms with Crippen LogP contribution in [0.1, 0.15) is 18.1 Å². The molecule has 1 unspecified atom stereocenters. The maximum absolute atomic E-state index is 12.3. The van der Waals surface area contributed by atoms with E-state index in [0.717, 1.165) is 16.1 Å². The molecule has 0 aromatic heterocycles. The van der Waals surface area contributed by atoms with Gasteiger partial charge in [-0.25, -0.2) is 0 Å². The molecule has 1 atom stereocenters. The molecule has 0 radical (unpaired) electrons.